The van der Waals surface area contributed by atoms with Crippen molar-refractivity contribution in [1.29, 1.82) is 0 Å². The van der Waals surface area contributed by atoms with E-state index in [1.165, 1.54) is 5.56 Å². The molecule has 0 aliphatic rings. The first-order valence-electron chi connectivity index (χ1n) is 7.21. The maximum Gasteiger partial charge on any atom is 0.170 e. The minimum Gasteiger partial charge on any atom is -0.331 e. The van der Waals surface area contributed by atoms with E-state index in [1.807, 2.05) is 60.1 Å². The van der Waals surface area contributed by atoms with E-state index >= 15 is 0 Å². The fourth-order valence-corrected chi connectivity index (χ4v) is 2.53. The number of hydrogen-bond donors (Lipinski definition) is 0. The predicted octanol–water partition coefficient (Wildman–Crippen LogP) is 3.56. The number of Topliss-reactive ketones (excluding diaryl/α,β-unsaturated/α-hetero) is 1. The maximum absolute atomic E-state index is 12.4. The smallest absolute Gasteiger partial charge is 0.170 e. The van der Waals surface area contributed by atoms with E-state index in [-0.39, 0.29) is 5.78 Å². The summed E-state index contributed by atoms with van der Waals surface area (Å²) in [5.74, 6) is 0.914. The quantitative estimate of drug-likeness (QED) is 0.684. The first-order chi connectivity index (χ1) is 10.2. The number of aryl methyl sites for hydroxylation is 2. The van der Waals surface area contributed by atoms with E-state index < -0.39 is 0 Å². The molecule has 3 aromatic rings. The molecule has 3 nitrogen and oxygen atoms in total. The Morgan fingerprint density at radius 2 is 1.81 bits per heavy atom. The maximum atomic E-state index is 12.4. The molecule has 1 heterocycles. The Balaban J connectivity index is 1.87. The lowest BCUT2D eigenvalue weighted by Crippen LogP contribution is -2.08. The van der Waals surface area contributed by atoms with Crippen LogP contribution in [0.4, 0.5) is 0 Å². The van der Waals surface area contributed by atoms with Crippen LogP contribution in [-0.2, 0) is 19.9 Å². The highest BCUT2D eigenvalue weighted by atomic mass is 16.1. The highest BCUT2D eigenvalue weighted by molar-refractivity contribution is 5.97. The molecular formula is C18H18N2O. The molecule has 0 saturated carbocycles. The SMILES string of the molecule is CCc1ccc(C(=O)Cc2nc3ccccc3n2C)cc1. The topological polar surface area (TPSA) is 34.9 Å². The lowest BCUT2D eigenvalue weighted by Gasteiger charge is -2.03. The molecule has 0 aliphatic heterocycles. The van der Waals surface area contributed by atoms with Crippen molar-refractivity contribution >= 4 is 16.8 Å². The largest absolute Gasteiger partial charge is 0.331 e. The van der Waals surface area contributed by atoms with E-state index in [1.54, 1.807) is 0 Å². The van der Waals surface area contributed by atoms with Crippen molar-refractivity contribution in [3.05, 3.63) is 65.5 Å². The van der Waals surface area contributed by atoms with Gasteiger partial charge in [0.2, 0.25) is 0 Å². The second-order valence-corrected chi connectivity index (χ2v) is 5.23. The monoisotopic (exact) mass is 278 g/mol. The molecule has 0 amide bonds. The lowest BCUT2D eigenvalue weighted by atomic mass is 10.0. The van der Waals surface area contributed by atoms with Gasteiger partial charge in [-0.25, -0.2) is 4.98 Å². The zero-order valence-electron chi connectivity index (χ0n) is 12.3. The zero-order valence-corrected chi connectivity index (χ0v) is 12.3. The summed E-state index contributed by atoms with van der Waals surface area (Å²) in [6.45, 7) is 2.11. The number of carbonyl (C=O) groups excluding carboxylic acids is 1. The number of ketones is 1. The summed E-state index contributed by atoms with van der Waals surface area (Å²) in [4.78, 5) is 16.9. The van der Waals surface area contributed by atoms with Crippen LogP contribution in [0, 0.1) is 0 Å². The molecule has 0 unspecified atom stereocenters. The minimum atomic E-state index is 0.107. The molecule has 0 atom stereocenters. The summed E-state index contributed by atoms with van der Waals surface area (Å²) in [6.07, 6.45) is 1.32. The van der Waals surface area contributed by atoms with Gasteiger partial charge in [-0.05, 0) is 24.1 Å². The second kappa shape index (κ2) is 5.52. The number of benzene rings is 2. The van der Waals surface area contributed by atoms with Gasteiger partial charge < -0.3 is 4.57 Å². The number of fused-ring (bicyclic) bond motifs is 1. The van der Waals surface area contributed by atoms with E-state index in [9.17, 15) is 4.79 Å². The summed E-state index contributed by atoms with van der Waals surface area (Å²) in [5.41, 5.74) is 3.99. The van der Waals surface area contributed by atoms with Crippen LogP contribution in [0.1, 0.15) is 28.7 Å². The normalized spacial score (nSPS) is 11.0. The summed E-state index contributed by atoms with van der Waals surface area (Å²) in [6, 6.07) is 15.8. The molecule has 3 rings (SSSR count). The van der Waals surface area contributed by atoms with Crippen molar-refractivity contribution in [2.75, 3.05) is 0 Å². The summed E-state index contributed by atoms with van der Waals surface area (Å²) < 4.78 is 1.99. The van der Waals surface area contributed by atoms with E-state index in [0.29, 0.717) is 6.42 Å². The third kappa shape index (κ3) is 2.59. The third-order valence-electron chi connectivity index (χ3n) is 3.88. The van der Waals surface area contributed by atoms with Crippen molar-refractivity contribution in [2.24, 2.45) is 7.05 Å². The van der Waals surface area contributed by atoms with Crippen molar-refractivity contribution in [3.63, 3.8) is 0 Å². The molecule has 0 aliphatic carbocycles. The number of aromatic nitrogens is 2. The molecule has 21 heavy (non-hydrogen) atoms. The Morgan fingerprint density at radius 1 is 1.10 bits per heavy atom. The Bertz CT molecular complexity index is 785. The van der Waals surface area contributed by atoms with Gasteiger partial charge in [0.1, 0.15) is 5.82 Å². The minimum absolute atomic E-state index is 0.107. The first-order valence-corrected chi connectivity index (χ1v) is 7.21. The number of rotatable bonds is 4. The molecule has 0 radical (unpaired) electrons. The van der Waals surface area contributed by atoms with Gasteiger partial charge in [-0.1, -0.05) is 43.3 Å². The Hall–Kier alpha value is -2.42. The Morgan fingerprint density at radius 3 is 2.48 bits per heavy atom. The fourth-order valence-electron chi connectivity index (χ4n) is 2.53. The average Bonchev–Trinajstić information content (AvgIpc) is 2.84. The lowest BCUT2D eigenvalue weighted by molar-refractivity contribution is 0.0990. The Labute approximate surface area is 124 Å². The summed E-state index contributed by atoms with van der Waals surface area (Å²) in [7, 11) is 1.96. The van der Waals surface area contributed by atoms with Crippen molar-refractivity contribution < 1.29 is 4.79 Å². The van der Waals surface area contributed by atoms with Crippen LogP contribution in [0.2, 0.25) is 0 Å². The van der Waals surface area contributed by atoms with E-state index in [4.69, 9.17) is 0 Å². The molecule has 0 saturated heterocycles. The van der Waals surface area contributed by atoms with Gasteiger partial charge in [-0.3, -0.25) is 4.79 Å². The van der Waals surface area contributed by atoms with Crippen molar-refractivity contribution in [1.82, 2.24) is 9.55 Å². The molecule has 0 spiro atoms. The summed E-state index contributed by atoms with van der Waals surface area (Å²) >= 11 is 0. The van der Waals surface area contributed by atoms with Crippen LogP contribution < -0.4 is 0 Å². The van der Waals surface area contributed by atoms with Crippen LogP contribution in [0.15, 0.2) is 48.5 Å². The van der Waals surface area contributed by atoms with Crippen LogP contribution in [0.3, 0.4) is 0 Å². The second-order valence-electron chi connectivity index (χ2n) is 5.23. The zero-order chi connectivity index (χ0) is 14.8. The fraction of sp³-hybridized carbons (Fsp3) is 0.222. The molecule has 3 heteroatoms. The van der Waals surface area contributed by atoms with Crippen LogP contribution in [0.25, 0.3) is 11.0 Å². The number of hydrogen-bond acceptors (Lipinski definition) is 2. The van der Waals surface area contributed by atoms with Gasteiger partial charge in [0, 0.05) is 12.6 Å². The van der Waals surface area contributed by atoms with E-state index in [0.717, 1.165) is 28.8 Å². The molecule has 0 bridgehead atoms. The average molecular weight is 278 g/mol. The van der Waals surface area contributed by atoms with Crippen LogP contribution >= 0.6 is 0 Å². The number of imidazole rings is 1. The molecule has 0 fully saturated rings. The van der Waals surface area contributed by atoms with Gasteiger partial charge in [-0.2, -0.15) is 0 Å². The highest BCUT2D eigenvalue weighted by Gasteiger charge is 2.13. The standard InChI is InChI=1S/C18H18N2O/c1-3-13-8-10-14(11-9-13)17(21)12-18-19-15-6-4-5-7-16(15)20(18)2/h4-11H,3,12H2,1-2H3. The van der Waals surface area contributed by atoms with Gasteiger partial charge in [-0.15, -0.1) is 0 Å². The number of nitrogens with zero attached hydrogens (tertiary/aromatic N) is 2. The molecule has 1 aromatic heterocycles. The first kappa shape index (κ1) is 13.6. The number of carbonyl (C=O) groups is 1. The molecule has 0 N–H and O–H groups in total. The summed E-state index contributed by atoms with van der Waals surface area (Å²) in [5, 5.41) is 0. The van der Waals surface area contributed by atoms with Gasteiger partial charge >= 0.3 is 0 Å². The third-order valence-corrected chi connectivity index (χ3v) is 3.88. The molecule has 106 valence electrons. The molecular weight excluding hydrogens is 260 g/mol. The van der Waals surface area contributed by atoms with Crippen LogP contribution in [0.5, 0.6) is 0 Å². The van der Waals surface area contributed by atoms with Crippen molar-refractivity contribution in [3.8, 4) is 0 Å². The predicted molar refractivity (Wildman–Crippen MR) is 84.6 cm³/mol. The molecule has 2 aromatic carbocycles. The number of para-hydroxylation sites is 2. The van der Waals surface area contributed by atoms with Gasteiger partial charge in [0.05, 0.1) is 17.5 Å². The van der Waals surface area contributed by atoms with Crippen molar-refractivity contribution in [2.45, 2.75) is 19.8 Å². The highest BCUT2D eigenvalue weighted by Crippen LogP contribution is 2.16. The van der Waals surface area contributed by atoms with Crippen LogP contribution in [-0.4, -0.2) is 15.3 Å². The van der Waals surface area contributed by atoms with E-state index in [2.05, 4.69) is 11.9 Å². The Kier molecular flexibility index (Phi) is 3.57. The van der Waals surface area contributed by atoms with Gasteiger partial charge in [0.15, 0.2) is 5.78 Å². The van der Waals surface area contributed by atoms with Gasteiger partial charge in [0.25, 0.3) is 0 Å².